The van der Waals surface area contributed by atoms with Crippen molar-refractivity contribution in [3.8, 4) is 0 Å². The van der Waals surface area contributed by atoms with Gasteiger partial charge in [-0.3, -0.25) is 19.7 Å². The van der Waals surface area contributed by atoms with E-state index < -0.39 is 4.92 Å². The van der Waals surface area contributed by atoms with Gasteiger partial charge in [0.05, 0.1) is 23.9 Å². The van der Waals surface area contributed by atoms with Crippen LogP contribution in [0.1, 0.15) is 46.6 Å². The molecule has 9 nitrogen and oxygen atoms in total. The summed E-state index contributed by atoms with van der Waals surface area (Å²) in [7, 11) is 0. The smallest absolute Gasteiger partial charge is 0.289 e. The first-order valence-electron chi connectivity index (χ1n) is 10.5. The summed E-state index contributed by atoms with van der Waals surface area (Å²) < 4.78 is 11.2. The molecule has 4 rings (SSSR count). The molecule has 1 aliphatic heterocycles. The summed E-state index contributed by atoms with van der Waals surface area (Å²) in [6.45, 7) is 1.54. The normalized spacial score (nSPS) is 19.4. The van der Waals surface area contributed by atoms with Gasteiger partial charge in [-0.05, 0) is 37.1 Å². The topological polar surface area (TPSA) is 106 Å². The fourth-order valence-electron chi connectivity index (χ4n) is 4.30. The van der Waals surface area contributed by atoms with Crippen LogP contribution in [0.4, 0.5) is 5.69 Å². The van der Waals surface area contributed by atoms with E-state index in [0.29, 0.717) is 37.6 Å². The van der Waals surface area contributed by atoms with Gasteiger partial charge >= 0.3 is 0 Å². The van der Waals surface area contributed by atoms with Crippen LogP contribution in [0.25, 0.3) is 0 Å². The molecule has 1 aromatic carbocycles. The Morgan fingerprint density at radius 1 is 1.16 bits per heavy atom. The molecule has 2 amide bonds. The maximum atomic E-state index is 13.0. The third-order valence-corrected chi connectivity index (χ3v) is 5.91. The molecule has 1 aromatic heterocycles. The SMILES string of the molecule is O=C(c1ccc([N+](=O)[O-])cc1)N1CCO[C@H](CN(C(=O)c2ccco2)C2CCCC2)C1. The number of hydrogen-bond acceptors (Lipinski definition) is 6. The maximum Gasteiger partial charge on any atom is 0.289 e. The Kier molecular flexibility index (Phi) is 6.31. The summed E-state index contributed by atoms with van der Waals surface area (Å²) in [5, 5.41) is 10.8. The molecule has 2 aliphatic rings. The third-order valence-electron chi connectivity index (χ3n) is 5.91. The second-order valence-corrected chi connectivity index (χ2v) is 7.92. The number of nitro benzene ring substituents is 1. The van der Waals surface area contributed by atoms with Crippen LogP contribution >= 0.6 is 0 Å². The van der Waals surface area contributed by atoms with Gasteiger partial charge in [0, 0.05) is 43.4 Å². The summed E-state index contributed by atoms with van der Waals surface area (Å²) in [5.41, 5.74) is 0.339. The molecule has 164 valence electrons. The van der Waals surface area contributed by atoms with E-state index >= 15 is 0 Å². The number of hydrogen-bond donors (Lipinski definition) is 0. The lowest BCUT2D eigenvalue weighted by Gasteiger charge is -2.37. The second-order valence-electron chi connectivity index (χ2n) is 7.92. The molecule has 9 heteroatoms. The van der Waals surface area contributed by atoms with E-state index in [0.717, 1.165) is 25.7 Å². The van der Waals surface area contributed by atoms with Crippen LogP contribution in [0.3, 0.4) is 0 Å². The Balaban J connectivity index is 1.44. The third kappa shape index (κ3) is 4.77. The number of rotatable bonds is 6. The van der Waals surface area contributed by atoms with Gasteiger partial charge in [-0.1, -0.05) is 12.8 Å². The molecule has 2 heterocycles. The first kappa shape index (κ1) is 21.0. The average molecular weight is 427 g/mol. The quantitative estimate of drug-likeness (QED) is 0.518. The van der Waals surface area contributed by atoms with Crippen LogP contribution in [0.2, 0.25) is 0 Å². The van der Waals surface area contributed by atoms with E-state index in [-0.39, 0.29) is 29.6 Å². The predicted molar refractivity (Wildman–Crippen MR) is 111 cm³/mol. The number of nitro groups is 1. The van der Waals surface area contributed by atoms with Crippen molar-refractivity contribution in [3.05, 3.63) is 64.1 Å². The number of ether oxygens (including phenoxy) is 1. The number of furan rings is 1. The molecule has 1 saturated heterocycles. The Morgan fingerprint density at radius 2 is 1.90 bits per heavy atom. The van der Waals surface area contributed by atoms with E-state index in [2.05, 4.69) is 0 Å². The van der Waals surface area contributed by atoms with Crippen LogP contribution in [0, 0.1) is 10.1 Å². The molecular weight excluding hydrogens is 402 g/mol. The maximum absolute atomic E-state index is 13.0. The van der Waals surface area contributed by atoms with Crippen molar-refractivity contribution in [1.29, 1.82) is 0 Å². The lowest BCUT2D eigenvalue weighted by Crippen LogP contribution is -2.52. The molecule has 1 aliphatic carbocycles. The first-order valence-corrected chi connectivity index (χ1v) is 10.5. The van der Waals surface area contributed by atoms with Crippen molar-refractivity contribution in [1.82, 2.24) is 9.80 Å². The van der Waals surface area contributed by atoms with Gasteiger partial charge in [-0.2, -0.15) is 0 Å². The first-order chi connectivity index (χ1) is 15.0. The molecule has 2 fully saturated rings. The minimum Gasteiger partial charge on any atom is -0.459 e. The Labute approximate surface area is 179 Å². The number of non-ortho nitro benzene ring substituents is 1. The zero-order valence-electron chi connectivity index (χ0n) is 17.1. The standard InChI is InChI=1S/C22H25N3O6/c26-21(16-7-9-18(10-8-16)25(28)29)23-11-13-30-19(14-23)15-24(17-4-1-2-5-17)22(27)20-6-3-12-31-20/h3,6-10,12,17,19H,1-2,4-5,11,13-15H2/t19-/m0/s1. The lowest BCUT2D eigenvalue weighted by molar-refractivity contribution is -0.384. The summed E-state index contributed by atoms with van der Waals surface area (Å²) >= 11 is 0. The minimum atomic E-state index is -0.493. The highest BCUT2D eigenvalue weighted by Gasteiger charge is 2.33. The molecule has 0 unspecified atom stereocenters. The largest absolute Gasteiger partial charge is 0.459 e. The number of carbonyl (C=O) groups is 2. The number of amides is 2. The van der Waals surface area contributed by atoms with E-state index in [9.17, 15) is 19.7 Å². The van der Waals surface area contributed by atoms with Gasteiger partial charge in [-0.15, -0.1) is 0 Å². The van der Waals surface area contributed by atoms with Gasteiger partial charge < -0.3 is 19.0 Å². The van der Waals surface area contributed by atoms with E-state index in [1.54, 1.807) is 17.0 Å². The molecule has 1 atom stereocenters. The molecule has 0 radical (unpaired) electrons. The van der Waals surface area contributed by atoms with Crippen molar-refractivity contribution in [3.63, 3.8) is 0 Å². The van der Waals surface area contributed by atoms with E-state index in [1.807, 2.05) is 4.90 Å². The molecule has 1 saturated carbocycles. The van der Waals surface area contributed by atoms with Gasteiger partial charge in [0.25, 0.3) is 17.5 Å². The van der Waals surface area contributed by atoms with Crippen molar-refractivity contribution in [2.24, 2.45) is 0 Å². The van der Waals surface area contributed by atoms with Crippen molar-refractivity contribution in [2.75, 3.05) is 26.2 Å². The zero-order valence-corrected chi connectivity index (χ0v) is 17.1. The highest BCUT2D eigenvalue weighted by atomic mass is 16.6. The number of carbonyl (C=O) groups excluding carboxylic acids is 2. The predicted octanol–water partition coefficient (Wildman–Crippen LogP) is 3.11. The number of benzene rings is 1. The fraction of sp³-hybridized carbons (Fsp3) is 0.455. The monoisotopic (exact) mass is 427 g/mol. The lowest BCUT2D eigenvalue weighted by atomic mass is 10.1. The summed E-state index contributed by atoms with van der Waals surface area (Å²) in [5.74, 6) is -0.0474. The molecule has 0 spiro atoms. The van der Waals surface area contributed by atoms with E-state index in [1.165, 1.54) is 30.5 Å². The van der Waals surface area contributed by atoms with Gasteiger partial charge in [0.2, 0.25) is 0 Å². The van der Waals surface area contributed by atoms with Crippen molar-refractivity contribution < 1.29 is 23.7 Å². The molecule has 2 aromatic rings. The Hall–Kier alpha value is -3.20. The summed E-state index contributed by atoms with van der Waals surface area (Å²) in [6.07, 6.45) is 5.25. The average Bonchev–Trinajstić information content (AvgIpc) is 3.51. The van der Waals surface area contributed by atoms with Gasteiger partial charge in [0.15, 0.2) is 5.76 Å². The van der Waals surface area contributed by atoms with Crippen LogP contribution in [-0.4, -0.2) is 64.9 Å². The van der Waals surface area contributed by atoms with Crippen molar-refractivity contribution >= 4 is 17.5 Å². The van der Waals surface area contributed by atoms with Crippen LogP contribution in [0.15, 0.2) is 47.1 Å². The number of nitrogens with zero attached hydrogens (tertiary/aromatic N) is 3. The minimum absolute atomic E-state index is 0.0555. The summed E-state index contributed by atoms with van der Waals surface area (Å²) in [6, 6.07) is 9.09. The van der Waals surface area contributed by atoms with Crippen LogP contribution < -0.4 is 0 Å². The zero-order chi connectivity index (χ0) is 21.8. The van der Waals surface area contributed by atoms with Crippen molar-refractivity contribution in [2.45, 2.75) is 37.8 Å². The molecular formula is C22H25N3O6. The Morgan fingerprint density at radius 3 is 2.55 bits per heavy atom. The highest BCUT2D eigenvalue weighted by Crippen LogP contribution is 2.26. The van der Waals surface area contributed by atoms with Crippen LogP contribution in [0.5, 0.6) is 0 Å². The Bertz CT molecular complexity index is 921. The summed E-state index contributed by atoms with van der Waals surface area (Å²) in [4.78, 5) is 39.8. The second kappa shape index (κ2) is 9.30. The van der Waals surface area contributed by atoms with Gasteiger partial charge in [0.1, 0.15) is 0 Å². The highest BCUT2D eigenvalue weighted by molar-refractivity contribution is 5.94. The molecule has 0 bridgehead atoms. The van der Waals surface area contributed by atoms with E-state index in [4.69, 9.17) is 9.15 Å². The van der Waals surface area contributed by atoms with Crippen LogP contribution in [-0.2, 0) is 4.74 Å². The fourth-order valence-corrected chi connectivity index (χ4v) is 4.30. The van der Waals surface area contributed by atoms with Gasteiger partial charge in [-0.25, -0.2) is 0 Å². The number of morpholine rings is 1. The molecule has 31 heavy (non-hydrogen) atoms. The molecule has 0 N–H and O–H groups in total.